The number of aliphatic hydroxyl groups is 1. The van der Waals surface area contributed by atoms with Crippen molar-refractivity contribution in [3.05, 3.63) is 60.3 Å². The number of esters is 1. The first-order valence-corrected chi connectivity index (χ1v) is 11.6. The highest BCUT2D eigenvalue weighted by Crippen LogP contribution is 2.27. The third kappa shape index (κ3) is 6.27. The lowest BCUT2D eigenvalue weighted by Gasteiger charge is -2.33. The summed E-state index contributed by atoms with van der Waals surface area (Å²) in [6.07, 6.45) is 1.51. The first-order chi connectivity index (χ1) is 16.1. The minimum atomic E-state index is -0.596. The number of H-pyrrole nitrogens is 1. The normalized spacial score (nSPS) is 15.9. The number of nitrogens with zero attached hydrogens (tertiary/aromatic N) is 1. The predicted molar refractivity (Wildman–Crippen MR) is 127 cm³/mol. The van der Waals surface area contributed by atoms with Crippen LogP contribution in [0.3, 0.4) is 0 Å². The molecule has 0 aliphatic carbocycles. The van der Waals surface area contributed by atoms with E-state index in [1.807, 2.05) is 48.5 Å². The summed E-state index contributed by atoms with van der Waals surface area (Å²) in [4.78, 5) is 17.3. The average Bonchev–Trinajstić information content (AvgIpc) is 3.28. The predicted octanol–water partition coefficient (Wildman–Crippen LogP) is 3.88. The monoisotopic (exact) mass is 452 g/mol. The number of fused-ring (bicyclic) bond motifs is 1. The molecule has 1 fully saturated rings. The van der Waals surface area contributed by atoms with Gasteiger partial charge in [0, 0.05) is 17.4 Å². The summed E-state index contributed by atoms with van der Waals surface area (Å²) >= 11 is 0. The number of hydrogen-bond acceptors (Lipinski definition) is 6. The number of aliphatic hydroxyl groups excluding tert-OH is 1. The van der Waals surface area contributed by atoms with Gasteiger partial charge in [0.15, 0.2) is 0 Å². The van der Waals surface area contributed by atoms with Crippen molar-refractivity contribution in [3.63, 3.8) is 0 Å². The number of carbonyl (C=O) groups excluding carboxylic acids is 1. The maximum atomic E-state index is 12.0. The fourth-order valence-corrected chi connectivity index (χ4v) is 4.18. The van der Waals surface area contributed by atoms with E-state index in [1.165, 1.54) is 0 Å². The van der Waals surface area contributed by atoms with E-state index in [0.717, 1.165) is 49.2 Å². The van der Waals surface area contributed by atoms with Gasteiger partial charge in [-0.3, -0.25) is 0 Å². The second-order valence-electron chi connectivity index (χ2n) is 8.45. The van der Waals surface area contributed by atoms with Crippen molar-refractivity contribution < 1.29 is 24.1 Å². The Bertz CT molecular complexity index is 1030. The summed E-state index contributed by atoms with van der Waals surface area (Å²) < 4.78 is 16.9. The molecule has 0 spiro atoms. The van der Waals surface area contributed by atoms with Gasteiger partial charge in [0.1, 0.15) is 29.9 Å². The Balaban J connectivity index is 1.22. The number of β-amino-alcohol motifs (C(OH)–C–C–N with tert-alkyl or cyclic N) is 1. The Morgan fingerprint density at radius 2 is 1.91 bits per heavy atom. The molecule has 2 heterocycles. The minimum absolute atomic E-state index is 0.191. The standard InChI is InChI=1S/C26H32N2O5/c1-2-31-26(30)24-15-22-23(27-24)9-6-10-25(22)33-18-20(29)16-28-13-11-19(12-14-28)17-32-21-7-4-3-5-8-21/h3-10,15,19-20,27,29H,2,11-14,16-18H2,1H3. The van der Waals surface area contributed by atoms with Gasteiger partial charge in [-0.1, -0.05) is 24.3 Å². The topological polar surface area (TPSA) is 84.0 Å². The zero-order valence-corrected chi connectivity index (χ0v) is 19.0. The third-order valence-corrected chi connectivity index (χ3v) is 5.96. The van der Waals surface area contributed by atoms with E-state index in [1.54, 1.807) is 13.0 Å². The van der Waals surface area contributed by atoms with E-state index in [9.17, 15) is 9.90 Å². The van der Waals surface area contributed by atoms with Crippen molar-refractivity contribution >= 4 is 16.9 Å². The maximum absolute atomic E-state index is 12.0. The zero-order chi connectivity index (χ0) is 23.0. The van der Waals surface area contributed by atoms with Crippen LogP contribution in [0.5, 0.6) is 11.5 Å². The summed E-state index contributed by atoms with van der Waals surface area (Å²) in [5.41, 5.74) is 1.19. The quantitative estimate of drug-likeness (QED) is 0.454. The molecule has 0 radical (unpaired) electrons. The molecular weight excluding hydrogens is 420 g/mol. The van der Waals surface area contributed by atoms with Crippen molar-refractivity contribution in [1.82, 2.24) is 9.88 Å². The van der Waals surface area contributed by atoms with Gasteiger partial charge < -0.3 is 29.2 Å². The summed E-state index contributed by atoms with van der Waals surface area (Å²) in [6.45, 7) is 5.47. The van der Waals surface area contributed by atoms with Crippen molar-refractivity contribution in [1.29, 1.82) is 0 Å². The van der Waals surface area contributed by atoms with E-state index < -0.39 is 12.1 Å². The number of hydrogen-bond donors (Lipinski definition) is 2. The number of nitrogens with one attached hydrogen (secondary N) is 1. The largest absolute Gasteiger partial charge is 0.493 e. The van der Waals surface area contributed by atoms with E-state index >= 15 is 0 Å². The van der Waals surface area contributed by atoms with Crippen LogP contribution in [0.1, 0.15) is 30.3 Å². The lowest BCUT2D eigenvalue weighted by Crippen LogP contribution is -2.41. The minimum Gasteiger partial charge on any atom is -0.493 e. The van der Waals surface area contributed by atoms with E-state index in [4.69, 9.17) is 14.2 Å². The molecule has 2 N–H and O–H groups in total. The van der Waals surface area contributed by atoms with Gasteiger partial charge in [-0.15, -0.1) is 0 Å². The first-order valence-electron chi connectivity index (χ1n) is 11.6. The van der Waals surface area contributed by atoms with Crippen molar-refractivity contribution in [2.45, 2.75) is 25.9 Å². The smallest absolute Gasteiger partial charge is 0.354 e. The molecule has 1 atom stereocenters. The maximum Gasteiger partial charge on any atom is 0.354 e. The van der Waals surface area contributed by atoms with Crippen molar-refractivity contribution in [2.75, 3.05) is 39.5 Å². The van der Waals surface area contributed by atoms with Crippen LogP contribution in [0.4, 0.5) is 0 Å². The number of ether oxygens (including phenoxy) is 3. The highest BCUT2D eigenvalue weighted by atomic mass is 16.5. The van der Waals surface area contributed by atoms with E-state index in [2.05, 4.69) is 9.88 Å². The molecule has 1 aliphatic heterocycles. The third-order valence-electron chi connectivity index (χ3n) is 5.96. The Morgan fingerprint density at radius 3 is 2.67 bits per heavy atom. The van der Waals surface area contributed by atoms with E-state index in [0.29, 0.717) is 30.5 Å². The number of aromatic amines is 1. The van der Waals surface area contributed by atoms with Gasteiger partial charge >= 0.3 is 5.97 Å². The summed E-state index contributed by atoms with van der Waals surface area (Å²) in [6, 6.07) is 17.2. The van der Waals surface area contributed by atoms with Crippen LogP contribution in [0.25, 0.3) is 10.9 Å². The SMILES string of the molecule is CCOC(=O)c1cc2c(OCC(O)CN3CCC(COc4ccccc4)CC3)cccc2[nH]1. The van der Waals surface area contributed by atoms with E-state index in [-0.39, 0.29) is 6.61 Å². The second-order valence-corrected chi connectivity index (χ2v) is 8.45. The number of rotatable bonds is 10. The fourth-order valence-electron chi connectivity index (χ4n) is 4.18. The van der Waals surface area contributed by atoms with Crippen molar-refractivity contribution in [3.8, 4) is 11.5 Å². The van der Waals surface area contributed by atoms with Crippen molar-refractivity contribution in [2.24, 2.45) is 5.92 Å². The molecule has 1 unspecified atom stereocenters. The van der Waals surface area contributed by atoms with Crippen LogP contribution in [-0.4, -0.2) is 66.5 Å². The molecule has 3 aromatic rings. The molecule has 33 heavy (non-hydrogen) atoms. The van der Waals surface area contributed by atoms with Gasteiger partial charge in [0.05, 0.1) is 13.2 Å². The van der Waals surface area contributed by atoms with Crippen LogP contribution < -0.4 is 9.47 Å². The molecule has 4 rings (SSSR count). The second kappa shape index (κ2) is 11.2. The summed E-state index contributed by atoms with van der Waals surface area (Å²) in [7, 11) is 0. The molecular formula is C26H32N2O5. The molecule has 7 nitrogen and oxygen atoms in total. The Hall–Kier alpha value is -3.03. The number of likely N-dealkylation sites (tertiary alicyclic amines) is 1. The number of aromatic nitrogens is 1. The zero-order valence-electron chi connectivity index (χ0n) is 19.0. The van der Waals surface area contributed by atoms with Gasteiger partial charge in [0.2, 0.25) is 0 Å². The molecule has 0 bridgehead atoms. The molecule has 7 heteroatoms. The number of benzene rings is 2. The highest BCUT2D eigenvalue weighted by molar-refractivity contribution is 5.97. The van der Waals surface area contributed by atoms with Gasteiger partial charge in [-0.2, -0.15) is 0 Å². The number of piperidine rings is 1. The first kappa shape index (κ1) is 23.1. The van der Waals surface area contributed by atoms with Gasteiger partial charge in [0.25, 0.3) is 0 Å². The molecule has 176 valence electrons. The van der Waals surface area contributed by atoms with Gasteiger partial charge in [-0.25, -0.2) is 4.79 Å². The summed E-state index contributed by atoms with van der Waals surface area (Å²) in [5, 5.41) is 11.3. The van der Waals surface area contributed by atoms with Gasteiger partial charge in [-0.05, 0) is 69.1 Å². The molecule has 1 aromatic heterocycles. The number of carbonyl (C=O) groups is 1. The Labute approximate surface area is 194 Å². The molecule has 0 saturated carbocycles. The summed E-state index contributed by atoms with van der Waals surface area (Å²) in [5.74, 6) is 1.70. The fraction of sp³-hybridized carbons (Fsp3) is 0.423. The van der Waals surface area contributed by atoms with Crippen LogP contribution >= 0.6 is 0 Å². The highest BCUT2D eigenvalue weighted by Gasteiger charge is 2.22. The molecule has 1 aliphatic rings. The molecule has 2 aromatic carbocycles. The lowest BCUT2D eigenvalue weighted by molar-refractivity contribution is 0.0505. The Morgan fingerprint density at radius 1 is 1.12 bits per heavy atom. The molecule has 1 saturated heterocycles. The van der Waals surface area contributed by atoms with Crippen LogP contribution in [0.2, 0.25) is 0 Å². The number of para-hydroxylation sites is 1. The average molecular weight is 453 g/mol. The lowest BCUT2D eigenvalue weighted by atomic mass is 9.97. The van der Waals surface area contributed by atoms with Crippen LogP contribution in [0.15, 0.2) is 54.6 Å². The van der Waals surface area contributed by atoms with Crippen LogP contribution in [0, 0.1) is 5.92 Å². The molecule has 0 amide bonds. The Kier molecular flexibility index (Phi) is 7.86. The van der Waals surface area contributed by atoms with Crippen LogP contribution in [-0.2, 0) is 4.74 Å².